The van der Waals surface area contributed by atoms with Gasteiger partial charge < -0.3 is 4.74 Å². The second-order valence-electron chi connectivity index (χ2n) is 4.14. The van der Waals surface area contributed by atoms with Crippen LogP contribution in [0.1, 0.15) is 15.9 Å². The van der Waals surface area contributed by atoms with E-state index < -0.39 is 17.5 Å². The summed E-state index contributed by atoms with van der Waals surface area (Å²) in [5.41, 5.74) is 2.32. The summed E-state index contributed by atoms with van der Waals surface area (Å²) in [7, 11) is 0. The molecule has 7 heteroatoms. The van der Waals surface area contributed by atoms with Crippen LogP contribution in [0.5, 0.6) is 5.75 Å². The molecule has 0 spiro atoms. The molecule has 0 aliphatic rings. The maximum atomic E-state index is 13.7. The molecule has 0 unspecified atom stereocenters. The molecule has 0 aliphatic carbocycles. The van der Waals surface area contributed by atoms with E-state index in [2.05, 4.69) is 15.9 Å². The van der Waals surface area contributed by atoms with Crippen molar-refractivity contribution in [3.63, 3.8) is 0 Å². The molecule has 0 fully saturated rings. The van der Waals surface area contributed by atoms with Crippen LogP contribution in [0.3, 0.4) is 0 Å². The van der Waals surface area contributed by atoms with E-state index >= 15 is 0 Å². The molecule has 0 saturated heterocycles. The van der Waals surface area contributed by atoms with E-state index in [9.17, 15) is 13.6 Å². The van der Waals surface area contributed by atoms with Crippen LogP contribution in [-0.2, 0) is 6.61 Å². The summed E-state index contributed by atoms with van der Waals surface area (Å²) in [5, 5.41) is 0. The monoisotopic (exact) mass is 356 g/mol. The lowest BCUT2D eigenvalue weighted by Crippen LogP contribution is -2.30. The van der Waals surface area contributed by atoms with Crippen molar-refractivity contribution in [3.05, 3.63) is 63.6 Å². The number of hydrazine groups is 1. The Morgan fingerprint density at radius 1 is 1.24 bits per heavy atom. The first-order valence-electron chi connectivity index (χ1n) is 5.88. The number of nitrogens with two attached hydrogens (primary N) is 1. The van der Waals surface area contributed by atoms with Crippen molar-refractivity contribution in [3.8, 4) is 5.75 Å². The Morgan fingerprint density at radius 2 is 2.00 bits per heavy atom. The van der Waals surface area contributed by atoms with E-state index in [0.29, 0.717) is 4.47 Å². The molecule has 0 saturated carbocycles. The predicted molar refractivity (Wildman–Crippen MR) is 76.5 cm³/mol. The number of carbonyl (C=O) groups excluding carboxylic acids is 1. The fourth-order valence-corrected chi connectivity index (χ4v) is 2.01. The maximum Gasteiger partial charge on any atom is 0.265 e. The zero-order valence-corrected chi connectivity index (χ0v) is 12.3. The number of benzene rings is 2. The van der Waals surface area contributed by atoms with E-state index in [-0.39, 0.29) is 23.5 Å². The average molecular weight is 357 g/mol. The zero-order valence-electron chi connectivity index (χ0n) is 10.7. The quantitative estimate of drug-likeness (QED) is 0.503. The third kappa shape index (κ3) is 3.77. The largest absolute Gasteiger partial charge is 0.488 e. The molecule has 2 rings (SSSR count). The SMILES string of the molecule is NNC(=O)c1ccc(F)c(COc2cc(F)ccc2Br)c1. The summed E-state index contributed by atoms with van der Waals surface area (Å²) >= 11 is 3.21. The van der Waals surface area contributed by atoms with Gasteiger partial charge in [0.2, 0.25) is 0 Å². The molecule has 0 aliphatic heterocycles. The van der Waals surface area contributed by atoms with E-state index in [1.165, 1.54) is 30.3 Å². The van der Waals surface area contributed by atoms with Crippen LogP contribution in [-0.4, -0.2) is 5.91 Å². The molecule has 0 aromatic heterocycles. The lowest BCUT2D eigenvalue weighted by atomic mass is 10.1. The summed E-state index contributed by atoms with van der Waals surface area (Å²) < 4.78 is 32.7. The van der Waals surface area contributed by atoms with Gasteiger partial charge in [-0.15, -0.1) is 0 Å². The molecule has 0 heterocycles. The normalized spacial score (nSPS) is 10.3. The molecule has 2 aromatic carbocycles. The molecule has 0 atom stereocenters. The molecule has 3 N–H and O–H groups in total. The maximum absolute atomic E-state index is 13.7. The highest BCUT2D eigenvalue weighted by atomic mass is 79.9. The van der Waals surface area contributed by atoms with E-state index in [1.807, 2.05) is 5.43 Å². The van der Waals surface area contributed by atoms with Crippen LogP contribution in [0.4, 0.5) is 8.78 Å². The van der Waals surface area contributed by atoms with Gasteiger partial charge in [0.25, 0.3) is 5.91 Å². The number of halogens is 3. The minimum atomic E-state index is -0.539. The summed E-state index contributed by atoms with van der Waals surface area (Å²) in [6, 6.07) is 7.70. The second-order valence-corrected chi connectivity index (χ2v) is 5.00. The Balaban J connectivity index is 2.19. The van der Waals surface area contributed by atoms with E-state index in [0.717, 1.165) is 6.07 Å². The Labute approximate surface area is 128 Å². The highest BCUT2D eigenvalue weighted by Gasteiger charge is 2.10. The summed E-state index contributed by atoms with van der Waals surface area (Å²) in [4.78, 5) is 11.4. The minimum absolute atomic E-state index is 0.153. The molecule has 0 bridgehead atoms. The Kier molecular flexibility index (Phi) is 4.87. The van der Waals surface area contributed by atoms with Crippen molar-refractivity contribution in [2.24, 2.45) is 5.84 Å². The number of amides is 1. The molecule has 110 valence electrons. The van der Waals surface area contributed by atoms with Crippen LogP contribution >= 0.6 is 15.9 Å². The van der Waals surface area contributed by atoms with Crippen LogP contribution in [0, 0.1) is 11.6 Å². The van der Waals surface area contributed by atoms with Crippen molar-refractivity contribution < 1.29 is 18.3 Å². The van der Waals surface area contributed by atoms with Gasteiger partial charge in [0.1, 0.15) is 24.0 Å². The standard InChI is InChI=1S/C14H11BrF2N2O2/c15-11-3-2-10(16)6-13(11)21-7-9-5-8(14(20)19-18)1-4-12(9)17/h1-6H,7,18H2,(H,19,20). The van der Waals surface area contributed by atoms with Gasteiger partial charge in [0.05, 0.1) is 4.47 Å². The van der Waals surface area contributed by atoms with Crippen LogP contribution < -0.4 is 16.0 Å². The van der Waals surface area contributed by atoms with Gasteiger partial charge >= 0.3 is 0 Å². The summed E-state index contributed by atoms with van der Waals surface area (Å²) in [6.07, 6.45) is 0. The van der Waals surface area contributed by atoms with Gasteiger partial charge in [-0.3, -0.25) is 10.2 Å². The van der Waals surface area contributed by atoms with Gasteiger partial charge in [-0.1, -0.05) is 0 Å². The van der Waals surface area contributed by atoms with Gasteiger partial charge in [-0.05, 0) is 46.3 Å². The van der Waals surface area contributed by atoms with Crippen molar-refractivity contribution in [1.29, 1.82) is 0 Å². The Hall–Kier alpha value is -1.99. The highest BCUT2D eigenvalue weighted by Crippen LogP contribution is 2.26. The number of nitrogens with one attached hydrogen (secondary N) is 1. The first kappa shape index (κ1) is 15.4. The first-order valence-corrected chi connectivity index (χ1v) is 6.68. The number of nitrogen functional groups attached to an aromatic ring is 1. The van der Waals surface area contributed by atoms with Gasteiger partial charge in [0, 0.05) is 17.2 Å². The minimum Gasteiger partial charge on any atom is -0.488 e. The first-order chi connectivity index (χ1) is 10.0. The highest BCUT2D eigenvalue weighted by molar-refractivity contribution is 9.10. The number of rotatable bonds is 4. The number of carbonyl (C=O) groups is 1. The Bertz CT molecular complexity index is 680. The Morgan fingerprint density at radius 3 is 2.71 bits per heavy atom. The molecular formula is C14H11BrF2N2O2. The fourth-order valence-electron chi connectivity index (χ4n) is 1.65. The van der Waals surface area contributed by atoms with Crippen LogP contribution in [0.2, 0.25) is 0 Å². The van der Waals surface area contributed by atoms with Gasteiger partial charge in [0.15, 0.2) is 0 Å². The molecule has 0 radical (unpaired) electrons. The summed E-state index contributed by atoms with van der Waals surface area (Å²) in [5.74, 6) is 3.72. The van der Waals surface area contributed by atoms with Crippen LogP contribution in [0.25, 0.3) is 0 Å². The van der Waals surface area contributed by atoms with Gasteiger partial charge in [-0.2, -0.15) is 0 Å². The molecule has 2 aromatic rings. The van der Waals surface area contributed by atoms with Crippen molar-refractivity contribution >= 4 is 21.8 Å². The third-order valence-electron chi connectivity index (χ3n) is 2.72. The molecule has 1 amide bonds. The smallest absolute Gasteiger partial charge is 0.265 e. The van der Waals surface area contributed by atoms with E-state index in [1.54, 1.807) is 0 Å². The average Bonchev–Trinajstić information content (AvgIpc) is 2.48. The molecule has 21 heavy (non-hydrogen) atoms. The second kappa shape index (κ2) is 6.64. The molecular weight excluding hydrogens is 346 g/mol. The summed E-state index contributed by atoms with van der Waals surface area (Å²) in [6.45, 7) is -0.153. The van der Waals surface area contributed by atoms with E-state index in [4.69, 9.17) is 10.6 Å². The lowest BCUT2D eigenvalue weighted by molar-refractivity contribution is 0.0953. The predicted octanol–water partition coefficient (Wildman–Crippen LogP) is 2.91. The van der Waals surface area contributed by atoms with Crippen molar-refractivity contribution in [1.82, 2.24) is 5.43 Å². The van der Waals surface area contributed by atoms with Crippen molar-refractivity contribution in [2.75, 3.05) is 0 Å². The lowest BCUT2D eigenvalue weighted by Gasteiger charge is -2.10. The number of hydrogen-bond acceptors (Lipinski definition) is 3. The van der Waals surface area contributed by atoms with Gasteiger partial charge in [-0.25, -0.2) is 14.6 Å². The third-order valence-corrected chi connectivity index (χ3v) is 3.37. The van der Waals surface area contributed by atoms with Crippen LogP contribution in [0.15, 0.2) is 40.9 Å². The van der Waals surface area contributed by atoms with Crippen molar-refractivity contribution in [2.45, 2.75) is 6.61 Å². The number of hydrogen-bond donors (Lipinski definition) is 2. The zero-order chi connectivity index (χ0) is 15.4. The molecule has 4 nitrogen and oxygen atoms in total. The fraction of sp³-hybridized carbons (Fsp3) is 0.0714. The topological polar surface area (TPSA) is 64.3 Å². The number of ether oxygens (including phenoxy) is 1.